The molecule has 0 saturated heterocycles. The number of fused-ring (bicyclic) bond motifs is 3. The number of carbonyl (C=O) groups is 1. The van der Waals surface area contributed by atoms with Gasteiger partial charge in [0.15, 0.2) is 5.16 Å². The van der Waals surface area contributed by atoms with Gasteiger partial charge in [-0.25, -0.2) is 4.98 Å². The highest BCUT2D eigenvalue weighted by atomic mass is 32.2. The summed E-state index contributed by atoms with van der Waals surface area (Å²) >= 11 is 2.71. The molecule has 4 rings (SSSR count). The lowest BCUT2D eigenvalue weighted by Gasteiger charge is -2.32. The first kappa shape index (κ1) is 20.1. The molecule has 152 valence electrons. The summed E-state index contributed by atoms with van der Waals surface area (Å²) in [6, 6.07) is 9.40. The molecule has 0 N–H and O–H groups in total. The van der Waals surface area contributed by atoms with Crippen molar-refractivity contribution in [1.29, 1.82) is 0 Å². The van der Waals surface area contributed by atoms with Gasteiger partial charge in [-0.3, -0.25) is 14.2 Å². The van der Waals surface area contributed by atoms with Crippen LogP contribution in [0.4, 0.5) is 0 Å². The first-order valence-corrected chi connectivity index (χ1v) is 11.2. The summed E-state index contributed by atoms with van der Waals surface area (Å²) in [6.07, 6.45) is 1.57. The molecule has 1 aromatic carbocycles. The third-order valence-corrected chi connectivity index (χ3v) is 7.30. The molecule has 0 aliphatic carbocycles. The third kappa shape index (κ3) is 3.72. The average Bonchev–Trinajstić information content (AvgIpc) is 3.10. The van der Waals surface area contributed by atoms with Crippen LogP contribution in [0.15, 0.2) is 40.3 Å². The molecule has 0 saturated carbocycles. The lowest BCUT2D eigenvalue weighted by molar-refractivity contribution is -0.137. The van der Waals surface area contributed by atoms with E-state index in [1.54, 1.807) is 4.57 Å². The number of carbonyl (C=O) groups excluding carboxylic acids is 1. The standard InChI is InChI=1S/C21H22N2O4S2/c1-4-21(2)10-14-15(11-27-21)29-18-17(14)19(25)23(13-8-6-5-7-9-13)20(22-18)28-12-16(24)26-3/h5-9H,4,10-12H2,1-3H3/t21-/m1/s1. The van der Waals surface area contributed by atoms with Gasteiger partial charge in [0.25, 0.3) is 5.56 Å². The van der Waals surface area contributed by atoms with Crippen LogP contribution in [-0.4, -0.2) is 34.0 Å². The van der Waals surface area contributed by atoms with Crippen molar-refractivity contribution < 1.29 is 14.3 Å². The zero-order valence-electron chi connectivity index (χ0n) is 16.6. The summed E-state index contributed by atoms with van der Waals surface area (Å²) in [7, 11) is 1.35. The molecule has 1 atom stereocenters. The van der Waals surface area contributed by atoms with E-state index < -0.39 is 0 Å². The average molecular weight is 431 g/mol. The maximum absolute atomic E-state index is 13.7. The fraction of sp³-hybridized carbons (Fsp3) is 0.381. The molecule has 0 amide bonds. The molecule has 0 radical (unpaired) electrons. The van der Waals surface area contributed by atoms with Crippen LogP contribution in [0.3, 0.4) is 0 Å². The molecule has 0 spiro atoms. The lowest BCUT2D eigenvalue weighted by Crippen LogP contribution is -2.34. The van der Waals surface area contributed by atoms with Gasteiger partial charge in [-0.1, -0.05) is 36.9 Å². The van der Waals surface area contributed by atoms with Crippen molar-refractivity contribution in [1.82, 2.24) is 9.55 Å². The van der Waals surface area contributed by atoms with Crippen molar-refractivity contribution in [2.24, 2.45) is 0 Å². The van der Waals surface area contributed by atoms with E-state index in [2.05, 4.69) is 13.8 Å². The van der Waals surface area contributed by atoms with Gasteiger partial charge in [0.1, 0.15) is 4.83 Å². The topological polar surface area (TPSA) is 70.4 Å². The number of thiophene rings is 1. The molecular formula is C21H22N2O4S2. The predicted molar refractivity (Wildman–Crippen MR) is 115 cm³/mol. The van der Waals surface area contributed by atoms with Crippen LogP contribution in [0.5, 0.6) is 0 Å². The van der Waals surface area contributed by atoms with Crippen molar-refractivity contribution in [3.63, 3.8) is 0 Å². The minimum absolute atomic E-state index is 0.0867. The van der Waals surface area contributed by atoms with Crippen LogP contribution in [0.1, 0.15) is 30.7 Å². The summed E-state index contributed by atoms with van der Waals surface area (Å²) < 4.78 is 12.4. The Kier molecular flexibility index (Phi) is 5.50. The molecule has 29 heavy (non-hydrogen) atoms. The molecule has 8 heteroatoms. The maximum Gasteiger partial charge on any atom is 0.316 e. The molecule has 3 aromatic rings. The summed E-state index contributed by atoms with van der Waals surface area (Å²) in [5.74, 6) is -0.273. The number of rotatable bonds is 5. The number of hydrogen-bond acceptors (Lipinski definition) is 7. The highest BCUT2D eigenvalue weighted by Gasteiger charge is 2.33. The molecule has 0 fully saturated rings. The second-order valence-electron chi connectivity index (χ2n) is 7.19. The quantitative estimate of drug-likeness (QED) is 0.347. The summed E-state index contributed by atoms with van der Waals surface area (Å²) in [5, 5.41) is 1.15. The monoisotopic (exact) mass is 430 g/mol. The predicted octanol–water partition coefficient (Wildman–Crippen LogP) is 3.95. The van der Waals surface area contributed by atoms with E-state index in [4.69, 9.17) is 14.5 Å². The maximum atomic E-state index is 13.7. The molecule has 0 unspecified atom stereocenters. The smallest absolute Gasteiger partial charge is 0.316 e. The van der Waals surface area contributed by atoms with E-state index in [9.17, 15) is 9.59 Å². The van der Waals surface area contributed by atoms with E-state index in [1.807, 2.05) is 30.3 Å². The van der Waals surface area contributed by atoms with Gasteiger partial charge in [0.05, 0.1) is 36.1 Å². The number of para-hydroxylation sites is 1. The minimum Gasteiger partial charge on any atom is -0.468 e. The van der Waals surface area contributed by atoms with Gasteiger partial charge < -0.3 is 9.47 Å². The van der Waals surface area contributed by atoms with E-state index in [0.29, 0.717) is 28.4 Å². The number of thioether (sulfide) groups is 1. The van der Waals surface area contributed by atoms with E-state index in [-0.39, 0.29) is 22.9 Å². The van der Waals surface area contributed by atoms with Crippen LogP contribution in [0.25, 0.3) is 15.9 Å². The van der Waals surface area contributed by atoms with Crippen LogP contribution in [-0.2, 0) is 27.3 Å². The minimum atomic E-state index is -0.360. The molecule has 0 bridgehead atoms. The van der Waals surface area contributed by atoms with Gasteiger partial charge in [0.2, 0.25) is 0 Å². The molecule has 1 aliphatic heterocycles. The molecule has 6 nitrogen and oxygen atoms in total. The summed E-state index contributed by atoms with van der Waals surface area (Å²) in [4.78, 5) is 31.9. The number of methoxy groups -OCH3 is 1. The van der Waals surface area contributed by atoms with Crippen LogP contribution in [0.2, 0.25) is 0 Å². The second-order valence-corrected chi connectivity index (χ2v) is 9.21. The Labute approximate surface area is 176 Å². The first-order chi connectivity index (χ1) is 14.0. The van der Waals surface area contributed by atoms with Crippen molar-refractivity contribution in [2.75, 3.05) is 12.9 Å². The number of aromatic nitrogens is 2. The molecule has 1 aliphatic rings. The Morgan fingerprint density at radius 1 is 1.38 bits per heavy atom. The molecular weight excluding hydrogens is 408 g/mol. The number of hydrogen-bond donors (Lipinski definition) is 0. The number of ether oxygens (including phenoxy) is 2. The van der Waals surface area contributed by atoms with E-state index >= 15 is 0 Å². The normalized spacial score (nSPS) is 18.6. The Bertz CT molecular complexity index is 1120. The van der Waals surface area contributed by atoms with Gasteiger partial charge in [-0.05, 0) is 31.0 Å². The molecule has 3 heterocycles. The number of nitrogens with zero attached hydrogens (tertiary/aromatic N) is 2. The van der Waals surface area contributed by atoms with E-state index in [1.165, 1.54) is 30.2 Å². The SMILES string of the molecule is CC[C@]1(C)Cc2c(sc3nc(SCC(=O)OC)n(-c4ccccc4)c(=O)c23)CO1. The van der Waals surface area contributed by atoms with Crippen molar-refractivity contribution in [2.45, 2.75) is 44.1 Å². The zero-order chi connectivity index (χ0) is 20.6. The summed E-state index contributed by atoms with van der Waals surface area (Å²) in [6.45, 7) is 4.68. The fourth-order valence-corrected chi connectivity index (χ4v) is 5.40. The van der Waals surface area contributed by atoms with Gasteiger partial charge in [0, 0.05) is 11.3 Å². The third-order valence-electron chi connectivity index (χ3n) is 5.29. The van der Waals surface area contributed by atoms with Gasteiger partial charge in [-0.2, -0.15) is 0 Å². The Hall–Kier alpha value is -2.16. The van der Waals surface area contributed by atoms with Crippen molar-refractivity contribution in [3.8, 4) is 5.69 Å². The Balaban J connectivity index is 1.92. The number of benzene rings is 1. The highest BCUT2D eigenvalue weighted by Crippen LogP contribution is 2.39. The van der Waals surface area contributed by atoms with E-state index in [0.717, 1.165) is 22.5 Å². The van der Waals surface area contributed by atoms with Crippen LogP contribution < -0.4 is 5.56 Å². The largest absolute Gasteiger partial charge is 0.468 e. The first-order valence-electron chi connectivity index (χ1n) is 9.42. The summed E-state index contributed by atoms with van der Waals surface area (Å²) in [5.41, 5.74) is 1.40. The van der Waals surface area contributed by atoms with Crippen molar-refractivity contribution >= 4 is 39.3 Å². The van der Waals surface area contributed by atoms with Crippen LogP contribution >= 0.6 is 23.1 Å². The van der Waals surface area contributed by atoms with Gasteiger partial charge in [-0.15, -0.1) is 11.3 Å². The fourth-order valence-electron chi connectivity index (χ4n) is 3.41. The Morgan fingerprint density at radius 3 is 2.83 bits per heavy atom. The lowest BCUT2D eigenvalue weighted by atomic mass is 9.90. The Morgan fingerprint density at radius 2 is 2.14 bits per heavy atom. The highest BCUT2D eigenvalue weighted by molar-refractivity contribution is 7.99. The van der Waals surface area contributed by atoms with Gasteiger partial charge >= 0.3 is 5.97 Å². The second kappa shape index (κ2) is 7.93. The van der Waals surface area contributed by atoms with Crippen LogP contribution in [0, 0.1) is 0 Å². The molecule has 2 aromatic heterocycles. The zero-order valence-corrected chi connectivity index (χ0v) is 18.2. The van der Waals surface area contributed by atoms with Crippen molar-refractivity contribution in [3.05, 3.63) is 51.1 Å². The number of esters is 1.